The normalized spacial score (nSPS) is 12.6. The van der Waals surface area contributed by atoms with Crippen LogP contribution in [0.25, 0.3) is 0 Å². The highest BCUT2D eigenvalue weighted by Crippen LogP contribution is 2.24. The Morgan fingerprint density at radius 2 is 1.95 bits per heavy atom. The molecule has 0 spiro atoms. The molecule has 0 fully saturated rings. The van der Waals surface area contributed by atoms with Gasteiger partial charge in [0, 0.05) is 6.04 Å². The quantitative estimate of drug-likeness (QED) is 0.592. The van der Waals surface area contributed by atoms with Gasteiger partial charge in [0.05, 0.1) is 5.02 Å². The Hall–Kier alpha value is -0.600. The molecule has 0 aliphatic rings. The Morgan fingerprint density at radius 1 is 1.16 bits per heavy atom. The van der Waals surface area contributed by atoms with E-state index in [1.807, 2.05) is 6.07 Å². The van der Waals surface area contributed by atoms with Gasteiger partial charge < -0.3 is 5.32 Å². The highest BCUT2D eigenvalue weighted by atomic mass is 35.5. The summed E-state index contributed by atoms with van der Waals surface area (Å²) < 4.78 is 13.2. The van der Waals surface area contributed by atoms with Crippen LogP contribution in [0.15, 0.2) is 18.2 Å². The van der Waals surface area contributed by atoms with Crippen molar-refractivity contribution < 1.29 is 4.39 Å². The van der Waals surface area contributed by atoms with Gasteiger partial charge >= 0.3 is 0 Å². The molecule has 1 atom stereocenters. The molecule has 0 aliphatic carbocycles. The lowest BCUT2D eigenvalue weighted by Crippen LogP contribution is -2.22. The van der Waals surface area contributed by atoms with E-state index >= 15 is 0 Å². The van der Waals surface area contributed by atoms with Crippen LogP contribution in [0.4, 0.5) is 4.39 Å². The van der Waals surface area contributed by atoms with Crippen molar-refractivity contribution in [1.29, 1.82) is 0 Å². The van der Waals surface area contributed by atoms with Crippen molar-refractivity contribution in [2.75, 3.05) is 6.54 Å². The highest BCUT2D eigenvalue weighted by Gasteiger charge is 2.12. The third-order valence-corrected chi connectivity index (χ3v) is 3.62. The Morgan fingerprint density at radius 3 is 2.58 bits per heavy atom. The monoisotopic (exact) mass is 285 g/mol. The van der Waals surface area contributed by atoms with Gasteiger partial charge in [-0.3, -0.25) is 0 Å². The van der Waals surface area contributed by atoms with Crippen LogP contribution in [0, 0.1) is 5.82 Å². The minimum absolute atomic E-state index is 0.217. The van der Waals surface area contributed by atoms with E-state index in [2.05, 4.69) is 19.2 Å². The molecule has 108 valence electrons. The average molecular weight is 286 g/mol. The Labute approximate surface area is 121 Å². The number of unbranched alkanes of at least 4 members (excludes halogenated alkanes) is 3. The SMILES string of the molecule is CCCCCCC(NCCC)c1ccc(F)c(Cl)c1. The van der Waals surface area contributed by atoms with Crippen LogP contribution in [-0.2, 0) is 0 Å². The molecule has 1 unspecified atom stereocenters. The minimum Gasteiger partial charge on any atom is -0.310 e. The van der Waals surface area contributed by atoms with Gasteiger partial charge in [-0.15, -0.1) is 0 Å². The molecule has 0 bridgehead atoms. The second kappa shape index (κ2) is 9.33. The summed E-state index contributed by atoms with van der Waals surface area (Å²) in [6, 6.07) is 5.35. The number of halogens is 2. The van der Waals surface area contributed by atoms with Gasteiger partial charge in [0.25, 0.3) is 0 Å². The molecule has 1 rings (SSSR count). The zero-order chi connectivity index (χ0) is 14.1. The summed E-state index contributed by atoms with van der Waals surface area (Å²) in [6.45, 7) is 5.35. The Kier molecular flexibility index (Phi) is 8.08. The minimum atomic E-state index is -0.342. The first-order chi connectivity index (χ1) is 9.19. The average Bonchev–Trinajstić information content (AvgIpc) is 2.41. The van der Waals surface area contributed by atoms with Gasteiger partial charge in [0.2, 0.25) is 0 Å². The first-order valence-electron chi connectivity index (χ1n) is 7.37. The number of benzene rings is 1. The van der Waals surface area contributed by atoms with E-state index < -0.39 is 0 Å². The summed E-state index contributed by atoms with van der Waals surface area (Å²) in [6.07, 6.45) is 7.17. The summed E-state index contributed by atoms with van der Waals surface area (Å²) in [5, 5.41) is 3.75. The van der Waals surface area contributed by atoms with Crippen LogP contribution in [0.2, 0.25) is 5.02 Å². The maximum absolute atomic E-state index is 13.2. The van der Waals surface area contributed by atoms with Gasteiger partial charge in [0.15, 0.2) is 0 Å². The first kappa shape index (κ1) is 16.5. The van der Waals surface area contributed by atoms with Crippen LogP contribution < -0.4 is 5.32 Å². The molecule has 1 aromatic carbocycles. The fraction of sp³-hybridized carbons (Fsp3) is 0.625. The van der Waals surface area contributed by atoms with Crippen molar-refractivity contribution in [2.45, 2.75) is 58.4 Å². The fourth-order valence-electron chi connectivity index (χ4n) is 2.21. The summed E-state index contributed by atoms with van der Waals surface area (Å²) in [7, 11) is 0. The van der Waals surface area contributed by atoms with Crippen molar-refractivity contribution in [3.63, 3.8) is 0 Å². The van der Waals surface area contributed by atoms with Crippen molar-refractivity contribution in [3.8, 4) is 0 Å². The molecule has 1 N–H and O–H groups in total. The number of rotatable bonds is 9. The summed E-state index contributed by atoms with van der Waals surface area (Å²) in [4.78, 5) is 0. The van der Waals surface area contributed by atoms with Gasteiger partial charge in [-0.1, -0.05) is 57.2 Å². The molecular formula is C16H25ClFN. The van der Waals surface area contributed by atoms with E-state index in [-0.39, 0.29) is 16.9 Å². The van der Waals surface area contributed by atoms with Crippen LogP contribution >= 0.6 is 11.6 Å². The molecule has 0 aromatic heterocycles. The van der Waals surface area contributed by atoms with E-state index in [0.29, 0.717) is 0 Å². The molecular weight excluding hydrogens is 261 g/mol. The van der Waals surface area contributed by atoms with Crippen LogP contribution in [0.3, 0.4) is 0 Å². The molecule has 0 aliphatic heterocycles. The smallest absolute Gasteiger partial charge is 0.141 e. The van der Waals surface area contributed by atoms with Crippen LogP contribution in [0.5, 0.6) is 0 Å². The number of hydrogen-bond acceptors (Lipinski definition) is 1. The lowest BCUT2D eigenvalue weighted by atomic mass is 10.00. The fourth-order valence-corrected chi connectivity index (χ4v) is 2.40. The maximum atomic E-state index is 13.2. The molecule has 0 saturated heterocycles. The van der Waals surface area contributed by atoms with Gasteiger partial charge in [0.1, 0.15) is 5.82 Å². The number of hydrogen-bond donors (Lipinski definition) is 1. The van der Waals surface area contributed by atoms with E-state index in [1.54, 1.807) is 6.07 Å². The first-order valence-corrected chi connectivity index (χ1v) is 7.75. The van der Waals surface area contributed by atoms with Crippen LogP contribution in [-0.4, -0.2) is 6.54 Å². The van der Waals surface area contributed by atoms with Crippen molar-refractivity contribution in [2.24, 2.45) is 0 Å². The molecule has 0 heterocycles. The molecule has 0 radical (unpaired) electrons. The lowest BCUT2D eigenvalue weighted by Gasteiger charge is -2.19. The predicted octanol–water partition coefficient (Wildman–Crippen LogP) is 5.49. The molecule has 0 amide bonds. The summed E-state index contributed by atoms with van der Waals surface area (Å²) >= 11 is 5.87. The second-order valence-corrected chi connectivity index (χ2v) is 5.44. The topological polar surface area (TPSA) is 12.0 Å². The summed E-state index contributed by atoms with van der Waals surface area (Å²) in [5.74, 6) is -0.342. The van der Waals surface area contributed by atoms with Crippen molar-refractivity contribution in [3.05, 3.63) is 34.6 Å². The standard InChI is InChI=1S/C16H25ClFN/c1-3-5-6-7-8-16(19-11-4-2)13-9-10-15(18)14(17)12-13/h9-10,12,16,19H,3-8,11H2,1-2H3. The zero-order valence-corrected chi connectivity index (χ0v) is 12.8. The molecule has 3 heteroatoms. The maximum Gasteiger partial charge on any atom is 0.141 e. The Balaban J connectivity index is 2.63. The second-order valence-electron chi connectivity index (χ2n) is 5.03. The molecule has 0 saturated carbocycles. The largest absolute Gasteiger partial charge is 0.310 e. The molecule has 1 nitrogen and oxygen atoms in total. The van der Waals surface area contributed by atoms with Crippen LogP contribution in [0.1, 0.15) is 64.0 Å². The predicted molar refractivity (Wildman–Crippen MR) is 81.2 cm³/mol. The van der Waals surface area contributed by atoms with Crippen molar-refractivity contribution in [1.82, 2.24) is 5.32 Å². The van der Waals surface area contributed by atoms with E-state index in [4.69, 9.17) is 11.6 Å². The van der Waals surface area contributed by atoms with Gasteiger partial charge in [-0.05, 0) is 37.1 Å². The Bertz CT molecular complexity index is 368. The highest BCUT2D eigenvalue weighted by molar-refractivity contribution is 6.30. The van der Waals surface area contributed by atoms with Gasteiger partial charge in [-0.2, -0.15) is 0 Å². The van der Waals surface area contributed by atoms with E-state index in [0.717, 1.165) is 24.9 Å². The molecule has 19 heavy (non-hydrogen) atoms. The van der Waals surface area contributed by atoms with E-state index in [9.17, 15) is 4.39 Å². The van der Waals surface area contributed by atoms with Crippen molar-refractivity contribution >= 4 is 11.6 Å². The third kappa shape index (κ3) is 5.92. The summed E-state index contributed by atoms with van der Waals surface area (Å²) in [5.41, 5.74) is 1.09. The lowest BCUT2D eigenvalue weighted by molar-refractivity contribution is 0.470. The molecule has 1 aromatic rings. The number of nitrogens with one attached hydrogen (secondary N) is 1. The van der Waals surface area contributed by atoms with E-state index in [1.165, 1.54) is 31.7 Å². The van der Waals surface area contributed by atoms with Gasteiger partial charge in [-0.25, -0.2) is 4.39 Å². The zero-order valence-electron chi connectivity index (χ0n) is 12.0. The third-order valence-electron chi connectivity index (χ3n) is 3.33.